The molecule has 0 N–H and O–H groups in total. The molecule has 2 bridgehead atoms. The van der Waals surface area contributed by atoms with Crippen LogP contribution in [0.5, 0.6) is 0 Å². The third-order valence-electron chi connectivity index (χ3n) is 5.42. The lowest BCUT2D eigenvalue weighted by atomic mass is 9.96. The van der Waals surface area contributed by atoms with E-state index in [-0.39, 0.29) is 36.2 Å². The maximum atomic E-state index is 12.7. The Morgan fingerprint density at radius 3 is 2.20 bits per heavy atom. The molecule has 25 heavy (non-hydrogen) atoms. The molecule has 2 aliphatic heterocycles. The summed E-state index contributed by atoms with van der Waals surface area (Å²) < 4.78 is 0. The van der Waals surface area contributed by atoms with Gasteiger partial charge in [0.1, 0.15) is 0 Å². The molecule has 1 aromatic heterocycles. The third kappa shape index (κ3) is 3.21. The maximum absolute atomic E-state index is 12.7. The zero-order chi connectivity index (χ0) is 17.2. The van der Waals surface area contributed by atoms with Gasteiger partial charge >= 0.3 is 0 Å². The average Bonchev–Trinajstić information content (AvgIpc) is 3.27. The Kier molecular flexibility index (Phi) is 4.34. The first kappa shape index (κ1) is 16.0. The molecule has 0 saturated carbocycles. The minimum atomic E-state index is 0.0388. The van der Waals surface area contributed by atoms with Gasteiger partial charge in [0.25, 0.3) is 0 Å². The summed E-state index contributed by atoms with van der Waals surface area (Å²) in [6.07, 6.45) is 7.88. The van der Waals surface area contributed by atoms with Crippen LogP contribution >= 0.6 is 0 Å². The topological polar surface area (TPSA) is 68.1 Å². The predicted molar refractivity (Wildman–Crippen MR) is 92.0 cm³/mol. The van der Waals surface area contributed by atoms with Gasteiger partial charge in [0.2, 0.25) is 5.91 Å². The third-order valence-corrected chi connectivity index (χ3v) is 5.42. The van der Waals surface area contributed by atoms with Gasteiger partial charge in [-0.1, -0.05) is 30.3 Å². The lowest BCUT2D eigenvalue weighted by Crippen LogP contribution is -2.47. The molecule has 0 unspecified atom stereocenters. The predicted octanol–water partition coefficient (Wildman–Crippen LogP) is 2.64. The molecule has 0 aliphatic carbocycles. The van der Waals surface area contributed by atoms with Gasteiger partial charge in [0.05, 0.1) is 18.4 Å². The Labute approximate surface area is 146 Å². The molecule has 6 heteroatoms. The Balaban J connectivity index is 1.36. The first-order chi connectivity index (χ1) is 12.2. The molecule has 4 rings (SSSR count). The van der Waals surface area contributed by atoms with Gasteiger partial charge in [-0.2, -0.15) is 15.0 Å². The molecule has 1 amide bonds. The molecule has 2 aromatic rings. The lowest BCUT2D eigenvalue weighted by molar-refractivity contribution is -0.136. The van der Waals surface area contributed by atoms with E-state index in [1.807, 2.05) is 23.1 Å². The van der Waals surface area contributed by atoms with Gasteiger partial charge in [-0.05, 0) is 25.7 Å². The fourth-order valence-electron chi connectivity index (χ4n) is 4.28. The van der Waals surface area contributed by atoms with E-state index < -0.39 is 0 Å². The van der Waals surface area contributed by atoms with E-state index in [2.05, 4.69) is 10.2 Å². The molecule has 3 heterocycles. The van der Waals surface area contributed by atoms with E-state index in [0.29, 0.717) is 12.0 Å². The number of fused-ring (bicyclic) bond motifs is 2. The van der Waals surface area contributed by atoms with Crippen LogP contribution in [0.3, 0.4) is 0 Å². The van der Waals surface area contributed by atoms with Crippen LogP contribution in [-0.2, 0) is 4.79 Å². The number of nitrogens with zero attached hydrogens (tertiary/aromatic N) is 4. The Morgan fingerprint density at radius 1 is 0.920 bits per heavy atom. The molecule has 130 valence electrons. The van der Waals surface area contributed by atoms with Crippen molar-refractivity contribution in [2.75, 3.05) is 0 Å². The number of benzene rings is 1. The summed E-state index contributed by atoms with van der Waals surface area (Å²) in [5.41, 5.74) is 0.682. The molecule has 2 atom stereocenters. The summed E-state index contributed by atoms with van der Waals surface area (Å²) in [6.45, 7) is 0. The molecule has 2 aliphatic rings. The number of piperidine rings is 1. The van der Waals surface area contributed by atoms with Crippen molar-refractivity contribution in [1.29, 1.82) is 0 Å². The van der Waals surface area contributed by atoms with E-state index in [9.17, 15) is 9.59 Å². The number of rotatable bonds is 5. The average molecular weight is 338 g/mol. The van der Waals surface area contributed by atoms with Crippen molar-refractivity contribution in [2.24, 2.45) is 0 Å². The van der Waals surface area contributed by atoms with E-state index in [0.717, 1.165) is 25.7 Å². The number of hydrogen-bond donors (Lipinski definition) is 0. The number of carbonyl (C=O) groups is 2. The first-order valence-electron chi connectivity index (χ1n) is 8.97. The maximum Gasteiger partial charge on any atom is 0.223 e. The zero-order valence-corrected chi connectivity index (χ0v) is 14.1. The van der Waals surface area contributed by atoms with Crippen LogP contribution in [0.25, 0.3) is 0 Å². The fraction of sp³-hybridized carbons (Fsp3) is 0.474. The van der Waals surface area contributed by atoms with Crippen molar-refractivity contribution in [3.8, 4) is 0 Å². The number of hydrogen-bond acceptors (Lipinski definition) is 4. The molecule has 0 radical (unpaired) electrons. The highest BCUT2D eigenvalue weighted by Crippen LogP contribution is 2.40. The van der Waals surface area contributed by atoms with Gasteiger partial charge in [-0.25, -0.2) is 0 Å². The van der Waals surface area contributed by atoms with Crippen molar-refractivity contribution in [3.05, 3.63) is 48.3 Å². The Hall–Kier alpha value is -2.50. The van der Waals surface area contributed by atoms with Gasteiger partial charge in [-0.3, -0.25) is 9.59 Å². The summed E-state index contributed by atoms with van der Waals surface area (Å²) in [4.78, 5) is 28.8. The van der Waals surface area contributed by atoms with E-state index in [4.69, 9.17) is 0 Å². The normalized spacial score (nSPS) is 25.1. The van der Waals surface area contributed by atoms with Crippen molar-refractivity contribution >= 4 is 11.7 Å². The largest absolute Gasteiger partial charge is 0.337 e. The first-order valence-corrected chi connectivity index (χ1v) is 8.97. The standard InChI is InChI=1S/C19H22N4O2/c24-18(14-4-2-1-3-5-14)8-9-19(25)22-15-6-7-16(22)13-17(12-15)23-20-10-11-21-23/h1-5,10-11,15-17H,6-9,12-13H2/t15-,16-/m0/s1. The lowest BCUT2D eigenvalue weighted by Gasteiger charge is -2.38. The summed E-state index contributed by atoms with van der Waals surface area (Å²) in [5.74, 6) is 0.153. The summed E-state index contributed by atoms with van der Waals surface area (Å²) in [5, 5.41) is 8.51. The minimum absolute atomic E-state index is 0.0388. The zero-order valence-electron chi connectivity index (χ0n) is 14.1. The molecule has 0 spiro atoms. The number of ketones is 1. The second-order valence-corrected chi connectivity index (χ2v) is 6.95. The number of aromatic nitrogens is 3. The highest BCUT2D eigenvalue weighted by molar-refractivity contribution is 5.98. The number of carbonyl (C=O) groups excluding carboxylic acids is 2. The van der Waals surface area contributed by atoms with Crippen molar-refractivity contribution in [1.82, 2.24) is 19.9 Å². The second-order valence-electron chi connectivity index (χ2n) is 6.95. The summed E-state index contributed by atoms with van der Waals surface area (Å²) in [6, 6.07) is 9.99. The summed E-state index contributed by atoms with van der Waals surface area (Å²) in [7, 11) is 0. The SMILES string of the molecule is O=C(CCC(=O)N1[C@H]2CC[C@H]1CC(n1nccn1)C2)c1ccccc1. The van der Waals surface area contributed by atoms with Gasteiger partial charge < -0.3 is 4.90 Å². The van der Waals surface area contributed by atoms with E-state index in [1.165, 1.54) is 0 Å². The van der Waals surface area contributed by atoms with Crippen molar-refractivity contribution in [2.45, 2.75) is 56.7 Å². The molecule has 2 saturated heterocycles. The van der Waals surface area contributed by atoms with Gasteiger partial charge in [-0.15, -0.1) is 0 Å². The van der Waals surface area contributed by atoms with Gasteiger partial charge in [0, 0.05) is 30.5 Å². The van der Waals surface area contributed by atoms with Crippen LogP contribution in [0.2, 0.25) is 0 Å². The second kappa shape index (κ2) is 6.78. The smallest absolute Gasteiger partial charge is 0.223 e. The Bertz CT molecular complexity index is 730. The van der Waals surface area contributed by atoms with Crippen LogP contribution in [0.4, 0.5) is 0 Å². The van der Waals surface area contributed by atoms with Crippen LogP contribution in [-0.4, -0.2) is 43.7 Å². The van der Waals surface area contributed by atoms with Crippen LogP contribution in [0, 0.1) is 0 Å². The van der Waals surface area contributed by atoms with E-state index in [1.54, 1.807) is 29.3 Å². The number of Topliss-reactive ketones (excluding diaryl/α,β-unsaturated/α-hetero) is 1. The minimum Gasteiger partial charge on any atom is -0.337 e. The van der Waals surface area contributed by atoms with Crippen LogP contribution < -0.4 is 0 Å². The Morgan fingerprint density at radius 2 is 1.56 bits per heavy atom. The molecule has 2 fully saturated rings. The quantitative estimate of drug-likeness (QED) is 0.786. The van der Waals surface area contributed by atoms with Crippen LogP contribution in [0.1, 0.15) is 54.9 Å². The molecular weight excluding hydrogens is 316 g/mol. The van der Waals surface area contributed by atoms with E-state index >= 15 is 0 Å². The molecule has 6 nitrogen and oxygen atoms in total. The van der Waals surface area contributed by atoms with Crippen LogP contribution in [0.15, 0.2) is 42.7 Å². The molecule has 1 aromatic carbocycles. The summed E-state index contributed by atoms with van der Waals surface area (Å²) >= 11 is 0. The number of amides is 1. The fourth-order valence-corrected chi connectivity index (χ4v) is 4.28. The monoisotopic (exact) mass is 338 g/mol. The van der Waals surface area contributed by atoms with Crippen molar-refractivity contribution < 1.29 is 9.59 Å². The van der Waals surface area contributed by atoms with Gasteiger partial charge in [0.15, 0.2) is 5.78 Å². The highest BCUT2D eigenvalue weighted by Gasteiger charge is 2.43. The molecular formula is C19H22N4O2. The highest BCUT2D eigenvalue weighted by atomic mass is 16.2. The van der Waals surface area contributed by atoms with Crippen molar-refractivity contribution in [3.63, 3.8) is 0 Å².